The van der Waals surface area contributed by atoms with Crippen molar-refractivity contribution in [2.24, 2.45) is 22.7 Å². The van der Waals surface area contributed by atoms with E-state index in [1.54, 1.807) is 0 Å². The van der Waals surface area contributed by atoms with Gasteiger partial charge < -0.3 is 0 Å². The topological polar surface area (TPSA) is 0 Å². The third-order valence-corrected chi connectivity index (χ3v) is 7.42. The minimum Gasteiger partial charge on any atom is -0.270 e. The number of allylic oxidation sites excluding steroid dienone is 8. The Morgan fingerprint density at radius 1 is 0.885 bits per heavy atom. The van der Waals surface area contributed by atoms with E-state index in [0.29, 0.717) is 17.3 Å². The van der Waals surface area contributed by atoms with E-state index in [-0.39, 0.29) is 36.9 Å². The fourth-order valence-corrected chi connectivity index (χ4v) is 4.50. The number of rotatable bonds is 3. The summed E-state index contributed by atoms with van der Waals surface area (Å²) in [4.78, 5) is 0. The van der Waals surface area contributed by atoms with Gasteiger partial charge in [-0.3, -0.25) is 12.2 Å². The molecule has 0 aromatic carbocycles. The monoisotopic (exact) mass is 378 g/mol. The Labute approximate surface area is 181 Å². The summed E-state index contributed by atoms with van der Waals surface area (Å²) in [5, 5.41) is 0. The molecule has 0 aromatic heterocycles. The van der Waals surface area contributed by atoms with Gasteiger partial charge in [-0.15, -0.1) is 5.67 Å². The molecule has 0 aromatic rings. The van der Waals surface area contributed by atoms with Gasteiger partial charge in [-0.1, -0.05) is 85.0 Å². The van der Waals surface area contributed by atoms with Gasteiger partial charge in [0, 0.05) is 8.41 Å². The van der Waals surface area contributed by atoms with Crippen molar-refractivity contribution in [2.75, 3.05) is 0 Å². The van der Waals surface area contributed by atoms with E-state index in [1.165, 1.54) is 23.2 Å². The van der Waals surface area contributed by atoms with Gasteiger partial charge in [0.25, 0.3) is 0 Å². The van der Waals surface area contributed by atoms with E-state index in [4.69, 9.17) is 0 Å². The van der Waals surface area contributed by atoms with Gasteiger partial charge in [0.2, 0.25) is 0 Å². The second-order valence-corrected chi connectivity index (χ2v) is 12.3. The van der Waals surface area contributed by atoms with Crippen molar-refractivity contribution in [3.8, 4) is 0 Å². The Kier molecular flexibility index (Phi) is 10.9. The molecular weight excluding hydrogens is 341 g/mol. The first kappa shape index (κ1) is 25.8. The summed E-state index contributed by atoms with van der Waals surface area (Å²) in [7, 11) is -0.226. The van der Waals surface area contributed by atoms with Crippen LogP contribution in [0.4, 0.5) is 0 Å². The quantitative estimate of drug-likeness (QED) is 0.390. The SMILES string of the molecule is CC1[C-]=CC(C(C)(C)C)=C1.CC[Si](=CC1[C-]=CC(C(C)(C)C)=C1)CC.[Mg+2]. The summed E-state index contributed by atoms with van der Waals surface area (Å²) >= 11 is 0. The van der Waals surface area contributed by atoms with Crippen LogP contribution in [-0.2, 0) is 0 Å². The molecule has 0 saturated heterocycles. The maximum atomic E-state index is 3.46. The third-order valence-electron chi connectivity index (χ3n) is 4.78. The van der Waals surface area contributed by atoms with Crippen LogP contribution in [-0.4, -0.2) is 37.1 Å². The molecule has 2 rings (SSSR count). The zero-order valence-corrected chi connectivity index (χ0v) is 21.1. The molecule has 2 atom stereocenters. The summed E-state index contributed by atoms with van der Waals surface area (Å²) < 4.78 is 0. The first-order valence-corrected chi connectivity index (χ1v) is 11.8. The van der Waals surface area contributed by atoms with E-state index in [2.05, 4.69) is 104 Å². The molecule has 0 nitrogen and oxygen atoms in total. The molecule has 0 saturated carbocycles. The normalized spacial score (nSPS) is 21.4. The first-order chi connectivity index (χ1) is 11.5. The van der Waals surface area contributed by atoms with Crippen molar-refractivity contribution in [1.29, 1.82) is 0 Å². The average Bonchev–Trinajstić information content (AvgIpc) is 3.13. The average molecular weight is 379 g/mol. The molecule has 0 amide bonds. The fraction of sp³-hybridized carbons (Fsp3) is 0.625. The van der Waals surface area contributed by atoms with Crippen molar-refractivity contribution in [3.63, 3.8) is 0 Å². The van der Waals surface area contributed by atoms with E-state index < -0.39 is 0 Å². The van der Waals surface area contributed by atoms with Crippen LogP contribution in [0.2, 0.25) is 12.1 Å². The van der Waals surface area contributed by atoms with Gasteiger partial charge >= 0.3 is 23.1 Å². The summed E-state index contributed by atoms with van der Waals surface area (Å²) in [5.41, 5.74) is 5.98. The van der Waals surface area contributed by atoms with E-state index >= 15 is 0 Å². The third kappa shape index (κ3) is 8.67. The predicted molar refractivity (Wildman–Crippen MR) is 122 cm³/mol. The molecule has 2 unspecified atom stereocenters. The van der Waals surface area contributed by atoms with Crippen LogP contribution < -0.4 is 0 Å². The molecule has 2 aliphatic carbocycles. The predicted octanol–water partition coefficient (Wildman–Crippen LogP) is 6.45. The van der Waals surface area contributed by atoms with E-state index in [9.17, 15) is 0 Å². The Morgan fingerprint density at radius 2 is 1.35 bits per heavy atom. The minimum absolute atomic E-state index is 0. The summed E-state index contributed by atoms with van der Waals surface area (Å²) in [5.74, 6) is 1.02. The zero-order valence-electron chi connectivity index (χ0n) is 18.7. The first-order valence-electron chi connectivity index (χ1n) is 9.80. The maximum Gasteiger partial charge on any atom is 2.00 e. The zero-order chi connectivity index (χ0) is 19.3. The van der Waals surface area contributed by atoms with Gasteiger partial charge in [0.05, 0.1) is 0 Å². The van der Waals surface area contributed by atoms with Gasteiger partial charge in [0.15, 0.2) is 0 Å². The van der Waals surface area contributed by atoms with Gasteiger partial charge in [0.1, 0.15) is 0 Å². The standard InChI is InChI=1S/C14H23Si.C10H15.Mg/c1-6-15(7-2)11-12-8-9-13(10-12)14(3,4)5;1-8-5-6-9(7-8)10(2,3)4;/h9-12H,6-7H2,1-5H3;6-8H,1-4H3;/q2*-1;+2. The molecule has 26 heavy (non-hydrogen) atoms. The Bertz CT molecular complexity index is 583. The minimum atomic E-state index is -0.226. The molecule has 0 N–H and O–H groups in total. The van der Waals surface area contributed by atoms with Crippen LogP contribution >= 0.6 is 0 Å². The molecule has 0 fully saturated rings. The van der Waals surface area contributed by atoms with Crippen LogP contribution in [0.15, 0.2) is 35.5 Å². The van der Waals surface area contributed by atoms with Crippen LogP contribution in [0.25, 0.3) is 0 Å². The Balaban J connectivity index is 0.000000497. The second-order valence-electron chi connectivity index (χ2n) is 9.21. The Morgan fingerprint density at radius 3 is 1.65 bits per heavy atom. The number of hydrogen-bond donors (Lipinski definition) is 0. The van der Waals surface area contributed by atoms with Crippen molar-refractivity contribution >= 4 is 37.1 Å². The van der Waals surface area contributed by atoms with Gasteiger partial charge in [-0.25, -0.2) is 12.2 Å². The van der Waals surface area contributed by atoms with E-state index in [1.807, 2.05) is 0 Å². The maximum absolute atomic E-state index is 3.46. The van der Waals surface area contributed by atoms with Crippen molar-refractivity contribution in [2.45, 2.75) is 74.4 Å². The molecule has 140 valence electrons. The van der Waals surface area contributed by atoms with Crippen LogP contribution in [0.5, 0.6) is 0 Å². The number of hydrogen-bond acceptors (Lipinski definition) is 0. The molecule has 0 aliphatic heterocycles. The summed E-state index contributed by atoms with van der Waals surface area (Å²) in [6, 6.07) is 2.69. The van der Waals surface area contributed by atoms with Crippen molar-refractivity contribution in [3.05, 3.63) is 47.6 Å². The van der Waals surface area contributed by atoms with Gasteiger partial charge in [-0.05, 0) is 12.1 Å². The van der Waals surface area contributed by atoms with Crippen molar-refractivity contribution in [1.82, 2.24) is 0 Å². The molecule has 0 radical (unpaired) electrons. The fourth-order valence-electron chi connectivity index (χ4n) is 2.83. The molecule has 2 heteroatoms. The van der Waals surface area contributed by atoms with E-state index in [0.717, 1.165) is 0 Å². The summed E-state index contributed by atoms with van der Waals surface area (Å²) in [6.45, 7) is 20.3. The van der Waals surface area contributed by atoms with Crippen LogP contribution in [0.3, 0.4) is 0 Å². The molecule has 0 heterocycles. The summed E-state index contributed by atoms with van der Waals surface area (Å²) in [6.07, 6.45) is 15.7. The molecule has 0 spiro atoms. The molecule has 2 aliphatic rings. The van der Waals surface area contributed by atoms with Gasteiger partial charge in [-0.2, -0.15) is 23.3 Å². The molecule has 0 bridgehead atoms. The smallest absolute Gasteiger partial charge is 0.270 e. The molecular formula is C24H38MgSi. The van der Waals surface area contributed by atoms with Crippen LogP contribution in [0.1, 0.15) is 62.3 Å². The second kappa shape index (κ2) is 11.0. The Hall–Kier alpha value is -0.187. The van der Waals surface area contributed by atoms with Crippen molar-refractivity contribution < 1.29 is 0 Å². The largest absolute Gasteiger partial charge is 2.00 e. The van der Waals surface area contributed by atoms with Crippen LogP contribution in [0, 0.1) is 34.8 Å².